The molecule has 1 N–H and O–H groups in total. The minimum Gasteiger partial charge on any atom is -0.468 e. The molecule has 1 aromatic rings. The molecule has 1 saturated heterocycles. The van der Waals surface area contributed by atoms with E-state index in [-0.39, 0.29) is 11.9 Å². The molecule has 2 heterocycles. The lowest BCUT2D eigenvalue weighted by molar-refractivity contribution is -0.129. The standard InChI is InChI=1S/C14H22N2O3/c1-11(13-5-4-8-19-13)15(2)9-12(17)10-16-7-3-6-14(16)18/h4-5,8,11-12,17H,3,6-7,9-10H2,1-2H3. The number of amides is 1. The van der Waals surface area contributed by atoms with E-state index in [4.69, 9.17) is 4.42 Å². The first-order valence-corrected chi connectivity index (χ1v) is 6.77. The van der Waals surface area contributed by atoms with Gasteiger partial charge in [0, 0.05) is 26.1 Å². The second kappa shape index (κ2) is 6.21. The first kappa shape index (κ1) is 14.1. The van der Waals surface area contributed by atoms with Crippen LogP contribution >= 0.6 is 0 Å². The van der Waals surface area contributed by atoms with E-state index in [1.165, 1.54) is 0 Å². The summed E-state index contributed by atoms with van der Waals surface area (Å²) in [7, 11) is 1.95. The monoisotopic (exact) mass is 266 g/mol. The minimum atomic E-state index is -0.524. The van der Waals surface area contributed by atoms with Crippen LogP contribution in [0, 0.1) is 0 Å². The number of likely N-dealkylation sites (tertiary alicyclic amines) is 1. The molecule has 0 saturated carbocycles. The lowest BCUT2D eigenvalue weighted by Gasteiger charge is -2.27. The molecule has 0 aromatic carbocycles. The molecule has 1 amide bonds. The topological polar surface area (TPSA) is 56.9 Å². The Labute approximate surface area is 113 Å². The molecular weight excluding hydrogens is 244 g/mol. The highest BCUT2D eigenvalue weighted by Gasteiger charge is 2.24. The highest BCUT2D eigenvalue weighted by Crippen LogP contribution is 2.19. The Morgan fingerprint density at radius 2 is 2.37 bits per heavy atom. The zero-order valence-electron chi connectivity index (χ0n) is 11.6. The molecule has 2 rings (SSSR count). The van der Waals surface area contributed by atoms with Crippen molar-refractivity contribution in [3.8, 4) is 0 Å². The molecule has 0 bridgehead atoms. The summed E-state index contributed by atoms with van der Waals surface area (Å²) in [5.41, 5.74) is 0. The third kappa shape index (κ3) is 3.58. The second-order valence-corrected chi connectivity index (χ2v) is 5.23. The molecule has 2 unspecified atom stereocenters. The summed E-state index contributed by atoms with van der Waals surface area (Å²) in [5, 5.41) is 10.1. The maximum absolute atomic E-state index is 11.5. The van der Waals surface area contributed by atoms with Crippen molar-refractivity contribution in [1.29, 1.82) is 0 Å². The largest absolute Gasteiger partial charge is 0.468 e. The highest BCUT2D eigenvalue weighted by molar-refractivity contribution is 5.78. The number of likely N-dealkylation sites (N-methyl/N-ethyl adjacent to an activating group) is 1. The van der Waals surface area contributed by atoms with Crippen LogP contribution < -0.4 is 0 Å². The second-order valence-electron chi connectivity index (χ2n) is 5.23. The van der Waals surface area contributed by atoms with Crippen LogP contribution in [-0.2, 0) is 4.79 Å². The quantitative estimate of drug-likeness (QED) is 0.842. The molecule has 1 aliphatic rings. The number of hydrogen-bond acceptors (Lipinski definition) is 4. The average molecular weight is 266 g/mol. The van der Waals surface area contributed by atoms with Gasteiger partial charge in [0.2, 0.25) is 5.91 Å². The van der Waals surface area contributed by atoms with Gasteiger partial charge in [-0.2, -0.15) is 0 Å². The molecule has 1 aromatic heterocycles. The predicted molar refractivity (Wildman–Crippen MR) is 71.6 cm³/mol. The normalized spacial score (nSPS) is 19.2. The Hall–Kier alpha value is -1.33. The van der Waals surface area contributed by atoms with E-state index in [0.717, 1.165) is 18.7 Å². The van der Waals surface area contributed by atoms with Gasteiger partial charge in [-0.1, -0.05) is 0 Å². The van der Waals surface area contributed by atoms with E-state index < -0.39 is 6.10 Å². The summed E-state index contributed by atoms with van der Waals surface area (Å²) in [6.45, 7) is 3.75. The maximum atomic E-state index is 11.5. The van der Waals surface area contributed by atoms with Crippen LogP contribution in [0.25, 0.3) is 0 Å². The van der Waals surface area contributed by atoms with Crippen LogP contribution in [0.1, 0.15) is 31.6 Å². The van der Waals surface area contributed by atoms with Crippen molar-refractivity contribution in [3.63, 3.8) is 0 Å². The summed E-state index contributed by atoms with van der Waals surface area (Å²) in [4.78, 5) is 15.3. The van der Waals surface area contributed by atoms with Crippen molar-refractivity contribution in [1.82, 2.24) is 9.80 Å². The lowest BCUT2D eigenvalue weighted by Crippen LogP contribution is -2.40. The van der Waals surface area contributed by atoms with Crippen molar-refractivity contribution >= 4 is 5.91 Å². The number of furan rings is 1. The molecule has 106 valence electrons. The summed E-state index contributed by atoms with van der Waals surface area (Å²) in [6, 6.07) is 3.90. The summed E-state index contributed by atoms with van der Waals surface area (Å²) >= 11 is 0. The SMILES string of the molecule is CC(c1ccco1)N(C)CC(O)CN1CCCC1=O. The minimum absolute atomic E-state index is 0.110. The van der Waals surface area contributed by atoms with E-state index in [1.807, 2.05) is 31.0 Å². The maximum Gasteiger partial charge on any atom is 0.222 e. The Morgan fingerprint density at radius 1 is 1.58 bits per heavy atom. The van der Waals surface area contributed by atoms with Gasteiger partial charge in [0.25, 0.3) is 0 Å². The van der Waals surface area contributed by atoms with Crippen molar-refractivity contribution < 1.29 is 14.3 Å². The first-order valence-electron chi connectivity index (χ1n) is 6.77. The molecule has 0 spiro atoms. The number of hydrogen-bond donors (Lipinski definition) is 1. The van der Waals surface area contributed by atoms with Crippen LogP contribution in [0.5, 0.6) is 0 Å². The van der Waals surface area contributed by atoms with Crippen LogP contribution in [-0.4, -0.2) is 53.6 Å². The van der Waals surface area contributed by atoms with Crippen molar-refractivity contribution in [3.05, 3.63) is 24.2 Å². The predicted octanol–water partition coefficient (Wildman–Crippen LogP) is 1.26. The summed E-state index contributed by atoms with van der Waals surface area (Å²) in [6.07, 6.45) is 2.65. The number of aliphatic hydroxyl groups is 1. The fourth-order valence-corrected chi connectivity index (χ4v) is 2.45. The molecule has 5 nitrogen and oxygen atoms in total. The highest BCUT2D eigenvalue weighted by atomic mass is 16.3. The van der Waals surface area contributed by atoms with Gasteiger partial charge in [-0.3, -0.25) is 9.69 Å². The number of rotatable bonds is 6. The lowest BCUT2D eigenvalue weighted by atomic mass is 10.2. The van der Waals surface area contributed by atoms with Crippen LogP contribution in [0.4, 0.5) is 0 Å². The number of aliphatic hydroxyl groups excluding tert-OH is 1. The fourth-order valence-electron chi connectivity index (χ4n) is 2.45. The Bertz CT molecular complexity index is 405. The first-order chi connectivity index (χ1) is 9.08. The van der Waals surface area contributed by atoms with Gasteiger partial charge in [0.1, 0.15) is 5.76 Å². The molecule has 19 heavy (non-hydrogen) atoms. The molecule has 0 radical (unpaired) electrons. The Kier molecular flexibility index (Phi) is 4.61. The van der Waals surface area contributed by atoms with E-state index in [1.54, 1.807) is 11.2 Å². The number of nitrogens with zero attached hydrogens (tertiary/aromatic N) is 2. The third-order valence-electron chi connectivity index (χ3n) is 3.72. The van der Waals surface area contributed by atoms with Gasteiger partial charge >= 0.3 is 0 Å². The van der Waals surface area contributed by atoms with Crippen molar-refractivity contribution in [2.45, 2.75) is 31.9 Å². The molecule has 1 fully saturated rings. The number of carbonyl (C=O) groups is 1. The molecule has 1 aliphatic heterocycles. The van der Waals surface area contributed by atoms with Crippen molar-refractivity contribution in [2.75, 3.05) is 26.7 Å². The number of β-amino-alcohol motifs (C(OH)–C–C–N with tert-alkyl or cyclic N) is 1. The van der Waals surface area contributed by atoms with Gasteiger partial charge < -0.3 is 14.4 Å². The molecular formula is C14H22N2O3. The summed E-state index contributed by atoms with van der Waals surface area (Å²) < 4.78 is 5.36. The summed E-state index contributed by atoms with van der Waals surface area (Å²) in [5.74, 6) is 1.03. The fraction of sp³-hybridized carbons (Fsp3) is 0.643. The van der Waals surface area contributed by atoms with Crippen LogP contribution in [0.2, 0.25) is 0 Å². The average Bonchev–Trinajstić information content (AvgIpc) is 3.01. The van der Waals surface area contributed by atoms with Gasteiger partial charge in [0.15, 0.2) is 0 Å². The molecule has 5 heteroatoms. The van der Waals surface area contributed by atoms with Crippen LogP contribution in [0.15, 0.2) is 22.8 Å². The molecule has 0 aliphatic carbocycles. The smallest absolute Gasteiger partial charge is 0.222 e. The Morgan fingerprint density at radius 3 is 2.95 bits per heavy atom. The number of carbonyl (C=O) groups excluding carboxylic acids is 1. The third-order valence-corrected chi connectivity index (χ3v) is 3.72. The van der Waals surface area contributed by atoms with Crippen LogP contribution in [0.3, 0.4) is 0 Å². The van der Waals surface area contributed by atoms with Gasteiger partial charge in [-0.25, -0.2) is 0 Å². The van der Waals surface area contributed by atoms with Gasteiger partial charge in [0.05, 0.1) is 18.4 Å². The van der Waals surface area contributed by atoms with Crippen molar-refractivity contribution in [2.24, 2.45) is 0 Å². The Balaban J connectivity index is 1.81. The van der Waals surface area contributed by atoms with Gasteiger partial charge in [-0.15, -0.1) is 0 Å². The zero-order chi connectivity index (χ0) is 13.8. The van der Waals surface area contributed by atoms with Gasteiger partial charge in [-0.05, 0) is 32.5 Å². The van der Waals surface area contributed by atoms with E-state index in [0.29, 0.717) is 19.5 Å². The van der Waals surface area contributed by atoms with E-state index in [9.17, 15) is 9.90 Å². The van der Waals surface area contributed by atoms with E-state index >= 15 is 0 Å². The zero-order valence-corrected chi connectivity index (χ0v) is 11.6. The molecule has 2 atom stereocenters. The van der Waals surface area contributed by atoms with E-state index in [2.05, 4.69) is 0 Å².